The number of nitrogens with one attached hydrogen (secondary N) is 1. The summed E-state index contributed by atoms with van der Waals surface area (Å²) in [6, 6.07) is 8.17. The van der Waals surface area contributed by atoms with Crippen molar-refractivity contribution in [1.29, 1.82) is 0 Å². The number of nitrogens with zero attached hydrogens (tertiary/aromatic N) is 1. The molecule has 0 radical (unpaired) electrons. The van der Waals surface area contributed by atoms with Crippen molar-refractivity contribution in [2.24, 2.45) is 0 Å². The van der Waals surface area contributed by atoms with Crippen molar-refractivity contribution in [2.45, 2.75) is 25.7 Å². The molecule has 2 aromatic rings. The topological polar surface area (TPSA) is 59.1 Å². The molecule has 0 fully saturated rings. The van der Waals surface area contributed by atoms with Crippen LogP contribution < -0.4 is 4.72 Å². The normalized spacial score (nSPS) is 11.4. The number of benzene rings is 1. The first-order chi connectivity index (χ1) is 9.29. The Hall–Kier alpha value is -1.59. The van der Waals surface area contributed by atoms with Crippen LogP contribution in [0.4, 0.5) is 5.69 Å². The van der Waals surface area contributed by atoms with Crippen molar-refractivity contribution in [1.82, 2.24) is 4.98 Å². The number of halogens is 1. The van der Waals surface area contributed by atoms with Gasteiger partial charge in [0.15, 0.2) is 0 Å². The van der Waals surface area contributed by atoms with E-state index in [2.05, 4.69) is 9.71 Å². The molecule has 4 nitrogen and oxygen atoms in total. The van der Waals surface area contributed by atoms with Crippen LogP contribution >= 0.6 is 11.6 Å². The average Bonchev–Trinajstić information content (AvgIpc) is 2.36. The van der Waals surface area contributed by atoms with Crippen LogP contribution in [0.2, 0.25) is 5.15 Å². The lowest BCUT2D eigenvalue weighted by Crippen LogP contribution is -2.14. The molecule has 106 valence electrons. The van der Waals surface area contributed by atoms with Gasteiger partial charge in [0.2, 0.25) is 0 Å². The standard InChI is InChI=1S/C14H15ClN2O2S/c1-9-4-5-12(8-10(9)2)20(18,19)17-13-6-7-14(15)16-11(13)3/h4-8,17H,1-3H3. The van der Waals surface area contributed by atoms with E-state index in [9.17, 15) is 8.42 Å². The zero-order valence-electron chi connectivity index (χ0n) is 11.4. The Morgan fingerprint density at radius 3 is 2.35 bits per heavy atom. The summed E-state index contributed by atoms with van der Waals surface area (Å²) in [7, 11) is -3.62. The van der Waals surface area contributed by atoms with Crippen LogP contribution in [-0.2, 0) is 10.0 Å². The Kier molecular flexibility index (Phi) is 4.01. The van der Waals surface area contributed by atoms with E-state index in [4.69, 9.17) is 11.6 Å². The van der Waals surface area contributed by atoms with Gasteiger partial charge in [-0.05, 0) is 56.2 Å². The summed E-state index contributed by atoms with van der Waals surface area (Å²) in [4.78, 5) is 4.25. The van der Waals surface area contributed by atoms with Crippen molar-refractivity contribution < 1.29 is 8.42 Å². The molecule has 1 aromatic carbocycles. The van der Waals surface area contributed by atoms with E-state index in [-0.39, 0.29) is 4.90 Å². The highest BCUT2D eigenvalue weighted by molar-refractivity contribution is 7.92. The third kappa shape index (κ3) is 3.11. The molecule has 20 heavy (non-hydrogen) atoms. The van der Waals surface area contributed by atoms with Gasteiger partial charge in [0, 0.05) is 0 Å². The van der Waals surface area contributed by atoms with Crippen molar-refractivity contribution >= 4 is 27.3 Å². The number of aryl methyl sites for hydroxylation is 3. The van der Waals surface area contributed by atoms with Crippen molar-refractivity contribution in [3.63, 3.8) is 0 Å². The second kappa shape index (κ2) is 5.42. The number of sulfonamides is 1. The highest BCUT2D eigenvalue weighted by Crippen LogP contribution is 2.21. The van der Waals surface area contributed by atoms with Crippen LogP contribution in [0, 0.1) is 20.8 Å². The average molecular weight is 311 g/mol. The SMILES string of the molecule is Cc1ccc(S(=O)(=O)Nc2ccc(Cl)nc2C)cc1C. The molecular weight excluding hydrogens is 296 g/mol. The van der Waals surface area contributed by atoms with Crippen molar-refractivity contribution in [3.05, 3.63) is 52.3 Å². The van der Waals surface area contributed by atoms with Gasteiger partial charge in [-0.3, -0.25) is 4.72 Å². The van der Waals surface area contributed by atoms with Crippen LogP contribution in [0.15, 0.2) is 35.2 Å². The minimum Gasteiger partial charge on any atom is -0.278 e. The highest BCUT2D eigenvalue weighted by atomic mass is 35.5. The lowest BCUT2D eigenvalue weighted by Gasteiger charge is -2.11. The van der Waals surface area contributed by atoms with Crippen LogP contribution in [0.3, 0.4) is 0 Å². The maximum absolute atomic E-state index is 12.3. The summed E-state index contributed by atoms with van der Waals surface area (Å²) in [6.07, 6.45) is 0. The molecule has 0 spiro atoms. The van der Waals surface area contributed by atoms with Gasteiger partial charge in [-0.15, -0.1) is 0 Å². The fourth-order valence-electron chi connectivity index (χ4n) is 1.72. The lowest BCUT2D eigenvalue weighted by molar-refractivity contribution is 0.601. The van der Waals surface area contributed by atoms with E-state index in [1.807, 2.05) is 13.8 Å². The summed E-state index contributed by atoms with van der Waals surface area (Å²) in [5.41, 5.74) is 2.93. The Morgan fingerprint density at radius 2 is 1.75 bits per heavy atom. The maximum Gasteiger partial charge on any atom is 0.261 e. The van der Waals surface area contributed by atoms with E-state index < -0.39 is 10.0 Å². The number of pyridine rings is 1. The van der Waals surface area contributed by atoms with Crippen LogP contribution in [-0.4, -0.2) is 13.4 Å². The maximum atomic E-state index is 12.3. The molecule has 0 saturated heterocycles. The summed E-state index contributed by atoms with van der Waals surface area (Å²) in [5.74, 6) is 0. The van der Waals surface area contributed by atoms with Gasteiger partial charge in [0.25, 0.3) is 10.0 Å². The number of anilines is 1. The number of hydrogen-bond donors (Lipinski definition) is 1. The Bertz CT molecular complexity index is 758. The van der Waals surface area contributed by atoms with Gasteiger partial charge in [-0.2, -0.15) is 0 Å². The van der Waals surface area contributed by atoms with E-state index in [0.29, 0.717) is 16.5 Å². The number of aromatic nitrogens is 1. The third-order valence-corrected chi connectivity index (χ3v) is 4.66. The van der Waals surface area contributed by atoms with E-state index in [1.54, 1.807) is 37.3 Å². The van der Waals surface area contributed by atoms with Gasteiger partial charge in [-0.1, -0.05) is 17.7 Å². The van der Waals surface area contributed by atoms with Gasteiger partial charge in [0.1, 0.15) is 5.15 Å². The summed E-state index contributed by atoms with van der Waals surface area (Å²) in [5, 5.41) is 0.330. The van der Waals surface area contributed by atoms with Gasteiger partial charge in [-0.25, -0.2) is 13.4 Å². The fourth-order valence-corrected chi connectivity index (χ4v) is 3.12. The molecule has 0 atom stereocenters. The zero-order valence-corrected chi connectivity index (χ0v) is 13.0. The highest BCUT2D eigenvalue weighted by Gasteiger charge is 2.16. The molecule has 0 saturated carbocycles. The molecule has 0 amide bonds. The second-order valence-corrected chi connectivity index (χ2v) is 6.69. The van der Waals surface area contributed by atoms with Crippen LogP contribution in [0.1, 0.15) is 16.8 Å². The fraction of sp³-hybridized carbons (Fsp3) is 0.214. The van der Waals surface area contributed by atoms with Gasteiger partial charge in [0.05, 0.1) is 16.3 Å². The van der Waals surface area contributed by atoms with E-state index in [0.717, 1.165) is 11.1 Å². The number of hydrogen-bond acceptors (Lipinski definition) is 3. The molecule has 1 heterocycles. The molecule has 1 aromatic heterocycles. The van der Waals surface area contributed by atoms with E-state index >= 15 is 0 Å². The molecule has 2 rings (SSSR count). The predicted octanol–water partition coefficient (Wildman–Crippen LogP) is 3.46. The minimum atomic E-state index is -3.62. The Balaban J connectivity index is 2.38. The van der Waals surface area contributed by atoms with Crippen LogP contribution in [0.5, 0.6) is 0 Å². The predicted molar refractivity (Wildman–Crippen MR) is 80.7 cm³/mol. The molecule has 0 bridgehead atoms. The quantitative estimate of drug-likeness (QED) is 0.883. The monoisotopic (exact) mass is 310 g/mol. The molecule has 1 N–H and O–H groups in total. The largest absolute Gasteiger partial charge is 0.278 e. The summed E-state index contributed by atoms with van der Waals surface area (Å²) < 4.78 is 27.2. The van der Waals surface area contributed by atoms with Gasteiger partial charge < -0.3 is 0 Å². The van der Waals surface area contributed by atoms with Gasteiger partial charge >= 0.3 is 0 Å². The zero-order chi connectivity index (χ0) is 14.9. The third-order valence-electron chi connectivity index (χ3n) is 3.08. The summed E-state index contributed by atoms with van der Waals surface area (Å²) in [6.45, 7) is 5.51. The molecule has 0 aliphatic carbocycles. The molecule has 0 unspecified atom stereocenters. The first kappa shape index (κ1) is 14.8. The van der Waals surface area contributed by atoms with Crippen molar-refractivity contribution in [3.8, 4) is 0 Å². The summed E-state index contributed by atoms with van der Waals surface area (Å²) >= 11 is 5.76. The minimum absolute atomic E-state index is 0.231. The molecular formula is C14H15ClN2O2S. The first-order valence-electron chi connectivity index (χ1n) is 6.03. The van der Waals surface area contributed by atoms with Crippen LogP contribution in [0.25, 0.3) is 0 Å². The Morgan fingerprint density at radius 1 is 1.05 bits per heavy atom. The Labute approximate surface area is 123 Å². The molecule has 6 heteroatoms. The van der Waals surface area contributed by atoms with Crippen molar-refractivity contribution in [2.75, 3.05) is 4.72 Å². The first-order valence-corrected chi connectivity index (χ1v) is 7.89. The number of rotatable bonds is 3. The van der Waals surface area contributed by atoms with E-state index in [1.165, 1.54) is 0 Å². The lowest BCUT2D eigenvalue weighted by atomic mass is 10.1. The molecule has 0 aliphatic heterocycles. The smallest absolute Gasteiger partial charge is 0.261 e. The molecule has 0 aliphatic rings. The second-order valence-electron chi connectivity index (χ2n) is 4.62.